The molecule has 0 aliphatic rings. The summed E-state index contributed by atoms with van der Waals surface area (Å²) in [5, 5.41) is 0.464. The number of hydrogen-bond acceptors (Lipinski definition) is 3. The first-order valence-electron chi connectivity index (χ1n) is 5.94. The maximum Gasteiger partial charge on any atom is 0.161 e. The summed E-state index contributed by atoms with van der Waals surface area (Å²) in [6.07, 6.45) is 3.43. The van der Waals surface area contributed by atoms with Gasteiger partial charge in [-0.15, -0.1) is 0 Å². The lowest BCUT2D eigenvalue weighted by molar-refractivity contribution is 1.16. The van der Waals surface area contributed by atoms with Crippen molar-refractivity contribution in [1.29, 1.82) is 0 Å². The van der Waals surface area contributed by atoms with Crippen LogP contribution in [0.1, 0.15) is 0 Å². The number of aromatic nitrogens is 3. The molecule has 2 aromatic heterocycles. The van der Waals surface area contributed by atoms with E-state index < -0.39 is 0 Å². The summed E-state index contributed by atoms with van der Waals surface area (Å²) in [4.78, 5) is 13.0. The number of halogens is 2. The molecule has 0 radical (unpaired) electrons. The molecule has 2 heterocycles. The maximum atomic E-state index is 6.24. The molecule has 5 heteroatoms. The second-order valence-electron chi connectivity index (χ2n) is 4.10. The van der Waals surface area contributed by atoms with Crippen LogP contribution in [0.2, 0.25) is 5.15 Å². The first-order chi connectivity index (χ1) is 9.75. The van der Waals surface area contributed by atoms with Gasteiger partial charge < -0.3 is 0 Å². The van der Waals surface area contributed by atoms with Gasteiger partial charge >= 0.3 is 0 Å². The van der Waals surface area contributed by atoms with Crippen molar-refractivity contribution in [2.24, 2.45) is 0 Å². The second kappa shape index (κ2) is 5.85. The van der Waals surface area contributed by atoms with Gasteiger partial charge in [-0.05, 0) is 34.7 Å². The predicted octanol–water partition coefficient (Wildman–Crippen LogP) is 4.46. The Bertz CT molecular complexity index is 733. The third-order valence-electron chi connectivity index (χ3n) is 2.80. The Morgan fingerprint density at radius 1 is 0.850 bits per heavy atom. The number of benzene rings is 1. The van der Waals surface area contributed by atoms with E-state index in [0.29, 0.717) is 11.0 Å². The molecule has 0 fully saturated rings. The van der Waals surface area contributed by atoms with E-state index >= 15 is 0 Å². The van der Waals surface area contributed by atoms with Gasteiger partial charge in [0.05, 0.1) is 9.26 Å². The minimum Gasteiger partial charge on any atom is -0.265 e. The number of hydrogen-bond donors (Lipinski definition) is 0. The molecule has 0 spiro atoms. The highest BCUT2D eigenvalue weighted by molar-refractivity contribution is 14.1. The molecule has 0 bridgehead atoms. The smallest absolute Gasteiger partial charge is 0.161 e. The summed E-state index contributed by atoms with van der Waals surface area (Å²) in [7, 11) is 0. The Morgan fingerprint density at radius 3 is 2.25 bits per heavy atom. The fourth-order valence-corrected chi connectivity index (χ4v) is 2.56. The van der Waals surface area contributed by atoms with Gasteiger partial charge in [0.1, 0.15) is 5.15 Å². The lowest BCUT2D eigenvalue weighted by atomic mass is 10.1. The Balaban J connectivity index is 2.19. The van der Waals surface area contributed by atoms with Crippen molar-refractivity contribution in [3.05, 3.63) is 63.6 Å². The zero-order valence-corrected chi connectivity index (χ0v) is 13.2. The quantitative estimate of drug-likeness (QED) is 0.476. The van der Waals surface area contributed by atoms with E-state index in [9.17, 15) is 0 Å². The SMILES string of the molecule is Clc1nc(-c2ccncc2)nc(-c2ccccc2)c1I. The summed E-state index contributed by atoms with van der Waals surface area (Å²) < 4.78 is 0.855. The van der Waals surface area contributed by atoms with E-state index in [1.54, 1.807) is 12.4 Å². The standard InChI is InChI=1S/C15H9ClIN3/c16-14-12(17)13(10-4-2-1-3-5-10)19-15(20-14)11-6-8-18-9-7-11/h1-9H. The van der Waals surface area contributed by atoms with Crippen LogP contribution >= 0.6 is 34.2 Å². The highest BCUT2D eigenvalue weighted by Crippen LogP contribution is 2.30. The van der Waals surface area contributed by atoms with Gasteiger partial charge in [0.2, 0.25) is 0 Å². The summed E-state index contributed by atoms with van der Waals surface area (Å²) in [6.45, 7) is 0. The zero-order valence-electron chi connectivity index (χ0n) is 10.3. The Morgan fingerprint density at radius 2 is 1.55 bits per heavy atom. The fourth-order valence-electron chi connectivity index (χ4n) is 1.84. The molecule has 3 aromatic rings. The molecule has 0 aliphatic carbocycles. The van der Waals surface area contributed by atoms with Gasteiger partial charge in [-0.2, -0.15) is 0 Å². The number of rotatable bonds is 2. The van der Waals surface area contributed by atoms with Crippen LogP contribution in [-0.4, -0.2) is 15.0 Å². The van der Waals surface area contributed by atoms with Crippen molar-refractivity contribution in [1.82, 2.24) is 15.0 Å². The van der Waals surface area contributed by atoms with Gasteiger partial charge in [0, 0.05) is 23.5 Å². The van der Waals surface area contributed by atoms with Gasteiger partial charge in [-0.3, -0.25) is 4.98 Å². The largest absolute Gasteiger partial charge is 0.265 e. The van der Waals surface area contributed by atoms with Crippen LogP contribution in [0.25, 0.3) is 22.6 Å². The summed E-state index contributed by atoms with van der Waals surface area (Å²) in [5.41, 5.74) is 2.77. The van der Waals surface area contributed by atoms with Crippen LogP contribution in [0.5, 0.6) is 0 Å². The van der Waals surface area contributed by atoms with E-state index in [1.807, 2.05) is 42.5 Å². The molecule has 0 unspecified atom stereocenters. The van der Waals surface area contributed by atoms with Crippen LogP contribution < -0.4 is 0 Å². The van der Waals surface area contributed by atoms with E-state index in [1.165, 1.54) is 0 Å². The Kier molecular flexibility index (Phi) is 3.93. The van der Waals surface area contributed by atoms with E-state index in [0.717, 1.165) is 20.4 Å². The molecule has 1 aromatic carbocycles. The normalized spacial score (nSPS) is 10.5. The molecule has 20 heavy (non-hydrogen) atoms. The maximum absolute atomic E-state index is 6.24. The topological polar surface area (TPSA) is 38.7 Å². The molecule has 0 aliphatic heterocycles. The van der Waals surface area contributed by atoms with E-state index in [2.05, 4.69) is 37.5 Å². The van der Waals surface area contributed by atoms with Crippen molar-refractivity contribution in [2.45, 2.75) is 0 Å². The van der Waals surface area contributed by atoms with E-state index in [4.69, 9.17) is 11.6 Å². The van der Waals surface area contributed by atoms with Crippen molar-refractivity contribution >= 4 is 34.2 Å². The summed E-state index contributed by atoms with van der Waals surface area (Å²) in [6, 6.07) is 13.7. The second-order valence-corrected chi connectivity index (χ2v) is 5.54. The van der Waals surface area contributed by atoms with Gasteiger partial charge in [-0.1, -0.05) is 41.9 Å². The molecular weight excluding hydrogens is 385 g/mol. The van der Waals surface area contributed by atoms with Gasteiger partial charge in [0.15, 0.2) is 5.82 Å². The predicted molar refractivity (Wildman–Crippen MR) is 88.4 cm³/mol. The van der Waals surface area contributed by atoms with Gasteiger partial charge in [0.25, 0.3) is 0 Å². The fraction of sp³-hybridized carbons (Fsp3) is 0. The average molecular weight is 394 g/mol. The van der Waals surface area contributed by atoms with Crippen molar-refractivity contribution < 1.29 is 0 Å². The first kappa shape index (κ1) is 13.5. The number of pyridine rings is 1. The molecule has 0 amide bonds. The van der Waals surface area contributed by atoms with Crippen LogP contribution in [0, 0.1) is 3.57 Å². The lowest BCUT2D eigenvalue weighted by Gasteiger charge is -2.08. The zero-order chi connectivity index (χ0) is 13.9. The monoisotopic (exact) mass is 393 g/mol. The molecule has 0 saturated carbocycles. The van der Waals surface area contributed by atoms with Crippen LogP contribution in [0.15, 0.2) is 54.9 Å². The first-order valence-corrected chi connectivity index (χ1v) is 7.40. The third kappa shape index (κ3) is 2.66. The third-order valence-corrected chi connectivity index (χ3v) is 4.41. The number of nitrogens with zero attached hydrogens (tertiary/aromatic N) is 3. The molecular formula is C15H9ClIN3. The van der Waals surface area contributed by atoms with E-state index in [-0.39, 0.29) is 0 Å². The lowest BCUT2D eigenvalue weighted by Crippen LogP contribution is -1.97. The highest BCUT2D eigenvalue weighted by atomic mass is 127. The van der Waals surface area contributed by atoms with Crippen molar-refractivity contribution in [3.8, 4) is 22.6 Å². The summed E-state index contributed by atoms with van der Waals surface area (Å²) in [5.74, 6) is 0.608. The van der Waals surface area contributed by atoms with Crippen LogP contribution in [0.3, 0.4) is 0 Å². The van der Waals surface area contributed by atoms with Gasteiger partial charge in [-0.25, -0.2) is 9.97 Å². The van der Waals surface area contributed by atoms with Crippen molar-refractivity contribution in [2.75, 3.05) is 0 Å². The van der Waals surface area contributed by atoms with Crippen LogP contribution in [0.4, 0.5) is 0 Å². The molecule has 98 valence electrons. The highest BCUT2D eigenvalue weighted by Gasteiger charge is 2.13. The van der Waals surface area contributed by atoms with Crippen molar-refractivity contribution in [3.63, 3.8) is 0 Å². The summed E-state index contributed by atoms with van der Waals surface area (Å²) >= 11 is 8.42. The molecule has 3 rings (SSSR count). The Labute approximate surface area is 135 Å². The molecule has 0 N–H and O–H groups in total. The minimum atomic E-state index is 0.464. The Hall–Kier alpha value is -1.53. The minimum absolute atomic E-state index is 0.464. The molecule has 0 saturated heterocycles. The molecule has 3 nitrogen and oxygen atoms in total. The van der Waals surface area contributed by atoms with Crippen LogP contribution in [-0.2, 0) is 0 Å². The molecule has 0 atom stereocenters. The average Bonchev–Trinajstić information content (AvgIpc) is 2.51.